The van der Waals surface area contributed by atoms with E-state index in [0.717, 1.165) is 15.7 Å². The topological polar surface area (TPSA) is 78.5 Å². The van der Waals surface area contributed by atoms with Crippen LogP contribution in [0.15, 0.2) is 107 Å². The molecule has 3 atom stereocenters. The summed E-state index contributed by atoms with van der Waals surface area (Å²) in [6, 6.07) is 25.2. The third kappa shape index (κ3) is 2.84. The lowest BCUT2D eigenvalue weighted by molar-refractivity contribution is -0.136. The summed E-state index contributed by atoms with van der Waals surface area (Å²) in [4.78, 5) is 42.7. The molecule has 0 saturated carbocycles. The number of β-lactam (4-membered cyclic amide) rings is 1. The Balaban J connectivity index is 1.59. The molecule has 0 bridgehead atoms. The third-order valence-electron chi connectivity index (χ3n) is 7.16. The van der Waals surface area contributed by atoms with Crippen molar-refractivity contribution in [3.8, 4) is 5.75 Å². The standard InChI is InChI=1S/C28H24N4O4/c1-29-26(34)31-23(19-9-5-3-6-10-19)17-18-28(32(31)27(29)35)24(20-11-7-4-8-12-20)30(25(28)33)21-13-15-22(36-2)16-14-21/h3-18,23-24H,1-2H3/t23?,24-,28-/m1/s1. The minimum Gasteiger partial charge on any atom is -0.497 e. The summed E-state index contributed by atoms with van der Waals surface area (Å²) >= 11 is 0. The molecular formula is C28H24N4O4. The van der Waals surface area contributed by atoms with E-state index in [9.17, 15) is 14.4 Å². The first-order chi connectivity index (χ1) is 17.5. The van der Waals surface area contributed by atoms with Gasteiger partial charge in [-0.2, -0.15) is 0 Å². The Labute approximate surface area is 206 Å². The SMILES string of the molecule is COc1ccc(N2C(=O)[C@@]3(C=CC(c4ccccc4)n4c(=O)n(C)c(=O)n43)[C@H]2c2ccccc2)cc1. The van der Waals surface area contributed by atoms with Gasteiger partial charge in [0, 0.05) is 12.7 Å². The monoisotopic (exact) mass is 480 g/mol. The Bertz CT molecular complexity index is 1600. The summed E-state index contributed by atoms with van der Waals surface area (Å²) in [5.41, 5.74) is -0.0132. The van der Waals surface area contributed by atoms with Crippen molar-refractivity contribution in [1.29, 1.82) is 0 Å². The van der Waals surface area contributed by atoms with E-state index in [1.165, 1.54) is 16.4 Å². The first kappa shape index (κ1) is 21.9. The number of aromatic nitrogens is 3. The van der Waals surface area contributed by atoms with E-state index >= 15 is 0 Å². The highest BCUT2D eigenvalue weighted by atomic mass is 16.5. The number of hydrogen-bond acceptors (Lipinski definition) is 4. The van der Waals surface area contributed by atoms with Gasteiger partial charge in [-0.25, -0.2) is 23.5 Å². The number of methoxy groups -OCH3 is 1. The Hall–Kier alpha value is -4.59. The zero-order valence-corrected chi connectivity index (χ0v) is 19.8. The lowest BCUT2D eigenvalue weighted by atomic mass is 9.73. The second kappa shape index (κ2) is 7.98. The molecule has 1 fully saturated rings. The molecule has 2 aliphatic rings. The highest BCUT2D eigenvalue weighted by Gasteiger charge is 2.65. The number of carbonyl (C=O) groups is 1. The van der Waals surface area contributed by atoms with Gasteiger partial charge in [0.2, 0.25) is 0 Å². The van der Waals surface area contributed by atoms with E-state index in [1.54, 1.807) is 30.2 Å². The fourth-order valence-electron chi connectivity index (χ4n) is 5.40. The predicted molar refractivity (Wildman–Crippen MR) is 135 cm³/mol. The molecular weight excluding hydrogens is 456 g/mol. The van der Waals surface area contributed by atoms with Crippen molar-refractivity contribution in [1.82, 2.24) is 13.9 Å². The second-order valence-electron chi connectivity index (χ2n) is 9.01. The van der Waals surface area contributed by atoms with Gasteiger partial charge in [-0.1, -0.05) is 66.7 Å². The third-order valence-corrected chi connectivity index (χ3v) is 7.16. The number of ether oxygens (including phenoxy) is 1. The van der Waals surface area contributed by atoms with Crippen molar-refractivity contribution in [2.45, 2.75) is 17.6 Å². The van der Waals surface area contributed by atoms with Crippen LogP contribution in [0.4, 0.5) is 5.69 Å². The van der Waals surface area contributed by atoms with E-state index in [0.29, 0.717) is 11.4 Å². The maximum absolute atomic E-state index is 14.1. The van der Waals surface area contributed by atoms with Crippen LogP contribution in [0, 0.1) is 0 Å². The second-order valence-corrected chi connectivity index (χ2v) is 9.01. The molecule has 8 heteroatoms. The number of amides is 1. The van der Waals surface area contributed by atoms with Crippen molar-refractivity contribution in [3.63, 3.8) is 0 Å². The molecule has 3 aromatic carbocycles. The van der Waals surface area contributed by atoms with Crippen LogP contribution in [-0.2, 0) is 17.4 Å². The van der Waals surface area contributed by atoms with Gasteiger partial charge in [0.05, 0.1) is 13.2 Å². The number of benzene rings is 3. The van der Waals surface area contributed by atoms with Crippen LogP contribution in [-0.4, -0.2) is 26.9 Å². The van der Waals surface area contributed by atoms with Crippen LogP contribution in [0.3, 0.4) is 0 Å². The Morgan fingerprint density at radius 1 is 0.778 bits per heavy atom. The number of allylic oxidation sites excluding steroid dienone is 1. The first-order valence-electron chi connectivity index (χ1n) is 11.7. The summed E-state index contributed by atoms with van der Waals surface area (Å²) in [7, 11) is 3.03. The average Bonchev–Trinajstić information content (AvgIpc) is 3.16. The molecule has 4 aromatic rings. The minimum atomic E-state index is -1.38. The lowest BCUT2D eigenvalue weighted by Gasteiger charge is -2.56. The number of carbonyl (C=O) groups excluding carboxylic acids is 1. The number of rotatable bonds is 4. The molecule has 6 rings (SSSR count). The van der Waals surface area contributed by atoms with E-state index in [4.69, 9.17) is 4.74 Å². The van der Waals surface area contributed by atoms with Crippen LogP contribution >= 0.6 is 0 Å². The highest BCUT2D eigenvalue weighted by Crippen LogP contribution is 2.53. The van der Waals surface area contributed by atoms with Crippen LogP contribution in [0.25, 0.3) is 0 Å². The number of nitrogens with zero attached hydrogens (tertiary/aromatic N) is 4. The Morgan fingerprint density at radius 2 is 1.39 bits per heavy atom. The number of hydrogen-bond donors (Lipinski definition) is 0. The smallest absolute Gasteiger partial charge is 0.348 e. The fraction of sp³-hybridized carbons (Fsp3) is 0.179. The van der Waals surface area contributed by atoms with Crippen LogP contribution in [0.5, 0.6) is 5.75 Å². The summed E-state index contributed by atoms with van der Waals surface area (Å²) in [5, 5.41) is 0. The first-order valence-corrected chi connectivity index (χ1v) is 11.7. The number of anilines is 1. The van der Waals surface area contributed by atoms with E-state index in [1.807, 2.05) is 78.9 Å². The molecule has 0 aliphatic carbocycles. The maximum atomic E-state index is 14.1. The zero-order valence-electron chi connectivity index (χ0n) is 19.8. The largest absolute Gasteiger partial charge is 0.497 e. The van der Waals surface area contributed by atoms with Gasteiger partial charge in [0.1, 0.15) is 11.8 Å². The lowest BCUT2D eigenvalue weighted by Crippen LogP contribution is -2.72. The summed E-state index contributed by atoms with van der Waals surface area (Å²) in [6.07, 6.45) is 3.65. The van der Waals surface area contributed by atoms with E-state index in [-0.39, 0.29) is 5.91 Å². The predicted octanol–water partition coefficient (Wildman–Crippen LogP) is 3.00. The van der Waals surface area contributed by atoms with Crippen molar-refractivity contribution < 1.29 is 9.53 Å². The van der Waals surface area contributed by atoms with Gasteiger partial charge in [0.15, 0.2) is 5.54 Å². The average molecular weight is 481 g/mol. The van der Waals surface area contributed by atoms with E-state index in [2.05, 4.69) is 0 Å². The van der Waals surface area contributed by atoms with Crippen LogP contribution in [0.1, 0.15) is 23.2 Å². The van der Waals surface area contributed by atoms with Gasteiger partial charge < -0.3 is 4.74 Å². The molecule has 2 aliphatic heterocycles. The van der Waals surface area contributed by atoms with Crippen molar-refractivity contribution in [2.24, 2.45) is 7.05 Å². The van der Waals surface area contributed by atoms with Crippen molar-refractivity contribution in [3.05, 3.63) is 129 Å². The van der Waals surface area contributed by atoms with Crippen molar-refractivity contribution >= 4 is 11.6 Å². The summed E-state index contributed by atoms with van der Waals surface area (Å²) in [6.45, 7) is 0. The van der Waals surface area contributed by atoms with Gasteiger partial charge >= 0.3 is 11.4 Å². The fourth-order valence-corrected chi connectivity index (χ4v) is 5.40. The normalized spacial score (nSPS) is 22.4. The molecule has 3 heterocycles. The molecule has 0 N–H and O–H groups in total. The molecule has 0 radical (unpaired) electrons. The van der Waals surface area contributed by atoms with Gasteiger partial charge in [0.25, 0.3) is 5.91 Å². The minimum absolute atomic E-state index is 0.286. The molecule has 180 valence electrons. The van der Waals surface area contributed by atoms with Crippen molar-refractivity contribution in [2.75, 3.05) is 12.0 Å². The molecule has 1 spiro atoms. The van der Waals surface area contributed by atoms with Gasteiger partial charge in [-0.05, 0) is 41.5 Å². The highest BCUT2D eigenvalue weighted by molar-refractivity contribution is 6.09. The summed E-state index contributed by atoms with van der Waals surface area (Å²) in [5.74, 6) is 0.389. The van der Waals surface area contributed by atoms with Gasteiger partial charge in [-0.3, -0.25) is 9.69 Å². The molecule has 1 amide bonds. The maximum Gasteiger partial charge on any atom is 0.348 e. The quantitative estimate of drug-likeness (QED) is 0.332. The molecule has 1 unspecified atom stereocenters. The summed E-state index contributed by atoms with van der Waals surface area (Å²) < 4.78 is 9.11. The Kier molecular flexibility index (Phi) is 4.86. The van der Waals surface area contributed by atoms with Gasteiger partial charge in [-0.15, -0.1) is 0 Å². The Morgan fingerprint density at radius 3 is 2.00 bits per heavy atom. The zero-order chi connectivity index (χ0) is 25.0. The van der Waals surface area contributed by atoms with Crippen LogP contribution in [0.2, 0.25) is 0 Å². The van der Waals surface area contributed by atoms with E-state index < -0.39 is 29.0 Å². The molecule has 36 heavy (non-hydrogen) atoms. The molecule has 1 saturated heterocycles. The number of fused-ring (bicyclic) bond motifs is 2. The molecule has 8 nitrogen and oxygen atoms in total. The van der Waals surface area contributed by atoms with Crippen LogP contribution < -0.4 is 21.0 Å². The molecule has 1 aromatic heterocycles.